The lowest BCUT2D eigenvalue weighted by Gasteiger charge is -2.04. The summed E-state index contributed by atoms with van der Waals surface area (Å²) in [7, 11) is 0. The molecule has 0 aliphatic rings. The van der Waals surface area contributed by atoms with Gasteiger partial charge in [0.1, 0.15) is 0 Å². The highest BCUT2D eigenvalue weighted by Crippen LogP contribution is 2.24. The molecule has 0 heterocycles. The van der Waals surface area contributed by atoms with Gasteiger partial charge in [-0.05, 0) is 37.1 Å². The largest absolute Gasteiger partial charge is 0.377 e. The summed E-state index contributed by atoms with van der Waals surface area (Å²) in [5, 5.41) is 9.87. The van der Waals surface area contributed by atoms with Crippen molar-refractivity contribution in [2.45, 2.75) is 19.6 Å². The standard InChI is InChI=1S/C17H17Cl2N3S/c1-11-3-5-13(6-4-11)12(2)21-22-17(20)23-10-14-7-8-15(18)9-16(14)19/h3-9H,10H2,1-2H3,(H2,20,22)/b21-12+. The summed E-state index contributed by atoms with van der Waals surface area (Å²) in [5.41, 5.74) is 9.90. The molecule has 0 aliphatic heterocycles. The zero-order chi connectivity index (χ0) is 16.8. The summed E-state index contributed by atoms with van der Waals surface area (Å²) in [6.45, 7) is 3.95. The van der Waals surface area contributed by atoms with E-state index in [1.165, 1.54) is 17.3 Å². The normalized spacial score (nSPS) is 12.5. The Morgan fingerprint density at radius 3 is 2.43 bits per heavy atom. The number of nitrogens with zero attached hydrogens (tertiary/aromatic N) is 2. The molecule has 0 spiro atoms. The molecule has 23 heavy (non-hydrogen) atoms. The second kappa shape index (κ2) is 8.39. The molecule has 2 N–H and O–H groups in total. The Labute approximate surface area is 150 Å². The van der Waals surface area contributed by atoms with E-state index in [9.17, 15) is 0 Å². The smallest absolute Gasteiger partial charge is 0.180 e. The number of rotatable bonds is 4. The minimum atomic E-state index is 0.391. The van der Waals surface area contributed by atoms with Gasteiger partial charge in [0.15, 0.2) is 5.17 Å². The van der Waals surface area contributed by atoms with Crippen molar-refractivity contribution >= 4 is 45.8 Å². The average Bonchev–Trinajstić information content (AvgIpc) is 2.52. The maximum atomic E-state index is 6.13. The molecule has 0 amide bonds. The Morgan fingerprint density at radius 2 is 1.78 bits per heavy atom. The van der Waals surface area contributed by atoms with Crippen molar-refractivity contribution in [2.75, 3.05) is 0 Å². The minimum absolute atomic E-state index is 0.391. The van der Waals surface area contributed by atoms with Crippen molar-refractivity contribution in [3.8, 4) is 0 Å². The van der Waals surface area contributed by atoms with Crippen LogP contribution in [0.5, 0.6) is 0 Å². The number of nitrogens with two attached hydrogens (primary N) is 1. The quantitative estimate of drug-likeness (QED) is 0.455. The Balaban J connectivity index is 1.99. The molecular weight excluding hydrogens is 349 g/mol. The van der Waals surface area contributed by atoms with E-state index in [-0.39, 0.29) is 0 Å². The van der Waals surface area contributed by atoms with Crippen LogP contribution in [0, 0.1) is 6.92 Å². The van der Waals surface area contributed by atoms with Crippen molar-refractivity contribution in [3.63, 3.8) is 0 Å². The predicted molar refractivity (Wildman–Crippen MR) is 103 cm³/mol. The molecule has 0 saturated carbocycles. The lowest BCUT2D eigenvalue weighted by Crippen LogP contribution is -2.07. The zero-order valence-electron chi connectivity index (χ0n) is 12.9. The number of halogens is 2. The highest BCUT2D eigenvalue weighted by atomic mass is 35.5. The summed E-state index contributed by atoms with van der Waals surface area (Å²) in [6.07, 6.45) is 0. The van der Waals surface area contributed by atoms with E-state index >= 15 is 0 Å². The van der Waals surface area contributed by atoms with Crippen LogP contribution in [0.2, 0.25) is 10.0 Å². The van der Waals surface area contributed by atoms with Crippen molar-refractivity contribution in [1.82, 2.24) is 0 Å². The first-order valence-electron chi connectivity index (χ1n) is 6.97. The van der Waals surface area contributed by atoms with E-state index in [1.54, 1.807) is 12.1 Å². The number of benzene rings is 2. The van der Waals surface area contributed by atoms with Crippen molar-refractivity contribution in [1.29, 1.82) is 0 Å². The van der Waals surface area contributed by atoms with Gasteiger partial charge in [-0.1, -0.05) is 70.9 Å². The molecule has 0 unspecified atom stereocenters. The molecule has 0 radical (unpaired) electrons. The third-order valence-corrected chi connectivity index (χ3v) is 4.58. The molecule has 120 valence electrons. The van der Waals surface area contributed by atoms with Gasteiger partial charge in [0.2, 0.25) is 0 Å². The SMILES string of the molecule is C/C(=N\N=C(/N)SCc1ccc(Cl)cc1Cl)c1ccc(C)cc1. The first-order chi connectivity index (χ1) is 11.0. The van der Waals surface area contributed by atoms with E-state index < -0.39 is 0 Å². The number of aryl methyl sites for hydroxylation is 1. The highest BCUT2D eigenvalue weighted by Gasteiger charge is 2.03. The van der Waals surface area contributed by atoms with Crippen LogP contribution in [-0.4, -0.2) is 10.9 Å². The van der Waals surface area contributed by atoms with E-state index in [4.69, 9.17) is 28.9 Å². The van der Waals surface area contributed by atoms with Gasteiger partial charge in [-0.3, -0.25) is 0 Å². The first kappa shape index (κ1) is 17.9. The zero-order valence-corrected chi connectivity index (χ0v) is 15.2. The number of thioether (sulfide) groups is 1. The van der Waals surface area contributed by atoms with Crippen molar-refractivity contribution < 1.29 is 0 Å². The van der Waals surface area contributed by atoms with Crippen LogP contribution in [0.25, 0.3) is 0 Å². The van der Waals surface area contributed by atoms with Crippen LogP contribution in [0.1, 0.15) is 23.6 Å². The highest BCUT2D eigenvalue weighted by molar-refractivity contribution is 8.13. The fraction of sp³-hybridized carbons (Fsp3) is 0.176. The summed E-state index contributed by atoms with van der Waals surface area (Å²) >= 11 is 13.4. The molecule has 2 rings (SSSR count). The fourth-order valence-corrected chi connectivity index (χ4v) is 3.00. The summed E-state index contributed by atoms with van der Waals surface area (Å²) < 4.78 is 0. The maximum absolute atomic E-state index is 6.13. The third-order valence-electron chi connectivity index (χ3n) is 3.16. The summed E-state index contributed by atoms with van der Waals surface area (Å²) in [6, 6.07) is 13.5. The second-order valence-electron chi connectivity index (χ2n) is 5.01. The first-order valence-corrected chi connectivity index (χ1v) is 8.71. The predicted octanol–water partition coefficient (Wildman–Crippen LogP) is 5.27. The molecule has 0 atom stereocenters. The van der Waals surface area contributed by atoms with Crippen LogP contribution in [-0.2, 0) is 5.75 Å². The van der Waals surface area contributed by atoms with E-state index in [1.807, 2.05) is 44.2 Å². The van der Waals surface area contributed by atoms with Crippen LogP contribution in [0.3, 0.4) is 0 Å². The van der Waals surface area contributed by atoms with E-state index in [2.05, 4.69) is 10.2 Å². The van der Waals surface area contributed by atoms with Crippen LogP contribution < -0.4 is 5.73 Å². The molecule has 0 aliphatic carbocycles. The van der Waals surface area contributed by atoms with Crippen LogP contribution in [0.4, 0.5) is 0 Å². The van der Waals surface area contributed by atoms with Gasteiger partial charge in [-0.15, -0.1) is 5.10 Å². The van der Waals surface area contributed by atoms with Crippen LogP contribution >= 0.6 is 35.0 Å². The summed E-state index contributed by atoms with van der Waals surface area (Å²) in [4.78, 5) is 0. The molecule has 0 aromatic heterocycles. The molecule has 0 fully saturated rings. The molecular formula is C17H17Cl2N3S. The lowest BCUT2D eigenvalue weighted by molar-refractivity contribution is 1.22. The van der Waals surface area contributed by atoms with Gasteiger partial charge in [0, 0.05) is 15.8 Å². The monoisotopic (exact) mass is 365 g/mol. The Hall–Kier alpha value is -1.49. The maximum Gasteiger partial charge on any atom is 0.180 e. The van der Waals surface area contributed by atoms with Gasteiger partial charge < -0.3 is 5.73 Å². The van der Waals surface area contributed by atoms with Gasteiger partial charge >= 0.3 is 0 Å². The molecule has 3 nitrogen and oxygen atoms in total. The summed E-state index contributed by atoms with van der Waals surface area (Å²) in [5.74, 6) is 0.616. The van der Waals surface area contributed by atoms with Crippen LogP contribution in [0.15, 0.2) is 52.7 Å². The molecule has 2 aromatic rings. The molecule has 2 aromatic carbocycles. The van der Waals surface area contributed by atoms with Crippen molar-refractivity contribution in [3.05, 3.63) is 69.2 Å². The lowest BCUT2D eigenvalue weighted by atomic mass is 10.1. The fourth-order valence-electron chi connectivity index (χ4n) is 1.80. The van der Waals surface area contributed by atoms with Gasteiger partial charge in [0.25, 0.3) is 0 Å². The molecule has 6 heteroatoms. The van der Waals surface area contributed by atoms with Gasteiger partial charge in [-0.25, -0.2) is 0 Å². The number of amidine groups is 1. The minimum Gasteiger partial charge on any atom is -0.377 e. The average molecular weight is 366 g/mol. The van der Waals surface area contributed by atoms with E-state index in [0.717, 1.165) is 16.8 Å². The number of hydrogen-bond donors (Lipinski definition) is 1. The Morgan fingerprint density at radius 1 is 1.09 bits per heavy atom. The van der Waals surface area contributed by atoms with Crippen molar-refractivity contribution in [2.24, 2.45) is 15.9 Å². The molecule has 0 bridgehead atoms. The second-order valence-corrected chi connectivity index (χ2v) is 6.85. The molecule has 0 saturated heterocycles. The third kappa shape index (κ3) is 5.57. The van der Waals surface area contributed by atoms with Gasteiger partial charge in [-0.2, -0.15) is 5.10 Å². The van der Waals surface area contributed by atoms with E-state index in [0.29, 0.717) is 21.0 Å². The van der Waals surface area contributed by atoms with Gasteiger partial charge in [0.05, 0.1) is 5.71 Å². The topological polar surface area (TPSA) is 50.7 Å². The Bertz CT molecular complexity index is 740. The number of hydrogen-bond acceptors (Lipinski definition) is 3. The Kier molecular flexibility index (Phi) is 6.51.